The Morgan fingerprint density at radius 1 is 0.800 bits per heavy atom. The smallest absolute Gasteiger partial charge is 0.118 e. The summed E-state index contributed by atoms with van der Waals surface area (Å²) in [7, 11) is 3.31. The van der Waals surface area contributed by atoms with Gasteiger partial charge in [-0.05, 0) is 54.1 Å². The Hall–Kier alpha value is -2.66. The number of benzene rings is 2. The predicted molar refractivity (Wildman–Crippen MR) is 81.9 cm³/mol. The molecule has 0 saturated heterocycles. The number of rotatable bonds is 3. The third kappa shape index (κ3) is 3.93. The first kappa shape index (κ1) is 13.8. The first-order chi connectivity index (χ1) is 9.81. The van der Waals surface area contributed by atoms with E-state index in [4.69, 9.17) is 9.47 Å². The summed E-state index contributed by atoms with van der Waals surface area (Å²) in [5.41, 5.74) is 2.06. The summed E-state index contributed by atoms with van der Waals surface area (Å²) in [4.78, 5) is 0. The molecule has 2 aromatic rings. The van der Waals surface area contributed by atoms with E-state index < -0.39 is 0 Å². The molecular formula is C18H16O2. The number of hydrogen-bond donors (Lipinski definition) is 0. The Labute approximate surface area is 119 Å². The molecule has 0 heterocycles. The van der Waals surface area contributed by atoms with Gasteiger partial charge in [0.2, 0.25) is 0 Å². The molecule has 0 unspecified atom stereocenters. The predicted octanol–water partition coefficient (Wildman–Crippen LogP) is 3.77. The maximum absolute atomic E-state index is 5.11. The lowest BCUT2D eigenvalue weighted by atomic mass is 10.2. The molecule has 0 aliphatic heterocycles. The highest BCUT2D eigenvalue weighted by atomic mass is 16.5. The number of allylic oxidation sites excluding steroid dienone is 1. The maximum Gasteiger partial charge on any atom is 0.118 e. The number of ether oxygens (including phenoxy) is 2. The third-order valence-electron chi connectivity index (χ3n) is 2.78. The van der Waals surface area contributed by atoms with Crippen molar-refractivity contribution >= 4 is 6.08 Å². The van der Waals surface area contributed by atoms with E-state index in [0.29, 0.717) is 0 Å². The fraction of sp³-hybridized carbons (Fsp3) is 0.111. The molecule has 0 aromatic heterocycles. The van der Waals surface area contributed by atoms with Crippen molar-refractivity contribution in [3.05, 3.63) is 65.7 Å². The molecule has 0 aliphatic rings. The van der Waals surface area contributed by atoms with E-state index in [1.807, 2.05) is 60.7 Å². The maximum atomic E-state index is 5.11. The minimum Gasteiger partial charge on any atom is -0.497 e. The minimum absolute atomic E-state index is 0.837. The second-order valence-electron chi connectivity index (χ2n) is 4.10. The van der Waals surface area contributed by atoms with Crippen LogP contribution in [0.25, 0.3) is 6.08 Å². The highest BCUT2D eigenvalue weighted by Gasteiger charge is 1.90. The Morgan fingerprint density at radius 3 is 1.90 bits per heavy atom. The van der Waals surface area contributed by atoms with Crippen molar-refractivity contribution in [2.45, 2.75) is 0 Å². The molecule has 0 bridgehead atoms. The van der Waals surface area contributed by atoms with Crippen LogP contribution in [0.2, 0.25) is 0 Å². The largest absolute Gasteiger partial charge is 0.497 e. The molecule has 0 amide bonds. The molecule has 0 radical (unpaired) electrons. The van der Waals surface area contributed by atoms with Gasteiger partial charge in [0.05, 0.1) is 14.2 Å². The van der Waals surface area contributed by atoms with Crippen molar-refractivity contribution in [1.29, 1.82) is 0 Å². The zero-order chi connectivity index (χ0) is 14.2. The topological polar surface area (TPSA) is 18.5 Å². The van der Waals surface area contributed by atoms with E-state index in [-0.39, 0.29) is 0 Å². The second kappa shape index (κ2) is 7.06. The van der Waals surface area contributed by atoms with Crippen LogP contribution >= 0.6 is 0 Å². The fourth-order valence-corrected chi connectivity index (χ4v) is 1.65. The van der Waals surface area contributed by atoms with Crippen LogP contribution in [0.4, 0.5) is 0 Å². The molecule has 2 rings (SSSR count). The van der Waals surface area contributed by atoms with E-state index in [1.54, 1.807) is 14.2 Å². The zero-order valence-corrected chi connectivity index (χ0v) is 11.6. The average molecular weight is 264 g/mol. The molecular weight excluding hydrogens is 248 g/mol. The van der Waals surface area contributed by atoms with Crippen molar-refractivity contribution in [1.82, 2.24) is 0 Å². The van der Waals surface area contributed by atoms with Crippen molar-refractivity contribution in [3.63, 3.8) is 0 Å². The Bertz CT molecular complexity index is 626. The normalized spacial score (nSPS) is 9.90. The highest BCUT2D eigenvalue weighted by molar-refractivity contribution is 5.54. The van der Waals surface area contributed by atoms with Gasteiger partial charge in [-0.1, -0.05) is 24.0 Å². The summed E-state index contributed by atoms with van der Waals surface area (Å²) in [5, 5.41) is 0. The lowest BCUT2D eigenvalue weighted by molar-refractivity contribution is 0.414. The number of methoxy groups -OCH3 is 2. The minimum atomic E-state index is 0.837. The van der Waals surface area contributed by atoms with Crippen molar-refractivity contribution in [3.8, 4) is 23.3 Å². The van der Waals surface area contributed by atoms with Gasteiger partial charge in [-0.25, -0.2) is 0 Å². The summed E-state index contributed by atoms with van der Waals surface area (Å²) in [5.74, 6) is 7.78. The zero-order valence-electron chi connectivity index (χ0n) is 11.6. The molecule has 0 fully saturated rings. The summed E-state index contributed by atoms with van der Waals surface area (Å²) >= 11 is 0. The summed E-state index contributed by atoms with van der Waals surface area (Å²) in [6.07, 6.45) is 3.81. The number of hydrogen-bond acceptors (Lipinski definition) is 2. The first-order valence-corrected chi connectivity index (χ1v) is 6.28. The molecule has 0 spiro atoms. The van der Waals surface area contributed by atoms with Gasteiger partial charge in [0, 0.05) is 5.56 Å². The molecule has 0 aliphatic carbocycles. The molecule has 20 heavy (non-hydrogen) atoms. The third-order valence-corrected chi connectivity index (χ3v) is 2.78. The van der Waals surface area contributed by atoms with Gasteiger partial charge in [0.25, 0.3) is 0 Å². The molecule has 0 N–H and O–H groups in total. The van der Waals surface area contributed by atoms with Gasteiger partial charge in [0.1, 0.15) is 11.5 Å². The van der Waals surface area contributed by atoms with E-state index >= 15 is 0 Å². The Balaban J connectivity index is 1.99. The van der Waals surface area contributed by atoms with Gasteiger partial charge in [-0.2, -0.15) is 0 Å². The fourth-order valence-electron chi connectivity index (χ4n) is 1.65. The molecule has 100 valence electrons. The highest BCUT2D eigenvalue weighted by Crippen LogP contribution is 2.12. The van der Waals surface area contributed by atoms with Crippen LogP contribution in [-0.4, -0.2) is 14.2 Å². The Morgan fingerprint density at radius 2 is 1.35 bits per heavy atom. The molecule has 0 atom stereocenters. The van der Waals surface area contributed by atoms with E-state index in [1.165, 1.54) is 0 Å². The molecule has 0 saturated carbocycles. The van der Waals surface area contributed by atoms with Crippen LogP contribution in [-0.2, 0) is 0 Å². The van der Waals surface area contributed by atoms with Gasteiger partial charge < -0.3 is 9.47 Å². The van der Waals surface area contributed by atoms with Crippen LogP contribution < -0.4 is 9.47 Å². The Kier molecular flexibility index (Phi) is 4.86. The van der Waals surface area contributed by atoms with Crippen molar-refractivity contribution < 1.29 is 9.47 Å². The molecule has 2 heteroatoms. The van der Waals surface area contributed by atoms with E-state index in [0.717, 1.165) is 22.6 Å². The van der Waals surface area contributed by atoms with Gasteiger partial charge in [-0.15, -0.1) is 0 Å². The average Bonchev–Trinajstić information content (AvgIpc) is 2.53. The molecule has 2 aromatic carbocycles. The lowest BCUT2D eigenvalue weighted by Crippen LogP contribution is -1.81. The SMILES string of the molecule is COc1ccc(C#C/C=C\c2ccc(OC)cc2)cc1. The second-order valence-corrected chi connectivity index (χ2v) is 4.10. The lowest BCUT2D eigenvalue weighted by Gasteiger charge is -1.98. The van der Waals surface area contributed by atoms with Crippen LogP contribution in [0, 0.1) is 11.8 Å². The van der Waals surface area contributed by atoms with E-state index in [2.05, 4.69) is 11.8 Å². The van der Waals surface area contributed by atoms with Gasteiger partial charge in [-0.3, -0.25) is 0 Å². The summed E-state index contributed by atoms with van der Waals surface area (Å²) < 4.78 is 10.2. The van der Waals surface area contributed by atoms with Crippen LogP contribution in [0.5, 0.6) is 11.5 Å². The van der Waals surface area contributed by atoms with E-state index in [9.17, 15) is 0 Å². The summed E-state index contributed by atoms with van der Waals surface area (Å²) in [6.45, 7) is 0. The standard InChI is InChI=1S/C18H16O2/c1-19-17-11-7-15(8-12-17)5-3-4-6-16-9-13-18(20-2)14-10-16/h3,5,7-14H,1-2H3/b5-3-. The van der Waals surface area contributed by atoms with Crippen LogP contribution in [0.3, 0.4) is 0 Å². The van der Waals surface area contributed by atoms with Gasteiger partial charge >= 0.3 is 0 Å². The van der Waals surface area contributed by atoms with Gasteiger partial charge in [0.15, 0.2) is 0 Å². The monoisotopic (exact) mass is 264 g/mol. The first-order valence-electron chi connectivity index (χ1n) is 6.28. The summed E-state index contributed by atoms with van der Waals surface area (Å²) in [6, 6.07) is 15.5. The van der Waals surface area contributed by atoms with Crippen molar-refractivity contribution in [2.24, 2.45) is 0 Å². The van der Waals surface area contributed by atoms with Crippen LogP contribution in [0.15, 0.2) is 54.6 Å². The quantitative estimate of drug-likeness (QED) is 0.786. The van der Waals surface area contributed by atoms with Crippen LogP contribution in [0.1, 0.15) is 11.1 Å². The molecule has 2 nitrogen and oxygen atoms in total. The van der Waals surface area contributed by atoms with Crippen molar-refractivity contribution in [2.75, 3.05) is 14.2 Å².